The molecule has 0 saturated heterocycles. The zero-order valence-electron chi connectivity index (χ0n) is 7.22. The summed E-state index contributed by atoms with van der Waals surface area (Å²) in [6, 6.07) is 0. The zero-order valence-corrected chi connectivity index (χ0v) is 7.22. The van der Waals surface area contributed by atoms with Gasteiger partial charge in [-0.3, -0.25) is 4.79 Å². The first-order chi connectivity index (χ1) is 4.46. The van der Waals surface area contributed by atoms with Crippen LogP contribution >= 0.6 is 0 Å². The van der Waals surface area contributed by atoms with Crippen molar-refractivity contribution in [2.45, 2.75) is 27.7 Å². The van der Waals surface area contributed by atoms with Crippen LogP contribution in [0, 0.1) is 17.8 Å². The molecule has 0 unspecified atom stereocenters. The van der Waals surface area contributed by atoms with Crippen molar-refractivity contribution in [3.8, 4) is 0 Å². The molecule has 0 aromatic carbocycles. The van der Waals surface area contributed by atoms with E-state index in [9.17, 15) is 4.79 Å². The number of carbonyl (C=O) groups excluding carboxylic acids is 1. The Morgan fingerprint density at radius 3 is 1.36 bits per heavy atom. The average molecular weight is 151 g/mol. The number of carbonyl (C=O) groups is 1. The Bertz CT molecular complexity index is 115. The van der Waals surface area contributed by atoms with Crippen molar-refractivity contribution >= 4 is 24.8 Å². The third kappa shape index (κ3) is 4.50. The second-order valence-electron chi connectivity index (χ2n) is 3.42. The molecule has 2 N–H and O–H groups in total. The van der Waals surface area contributed by atoms with E-state index in [2.05, 4.69) is 0 Å². The molecule has 0 aromatic heterocycles. The average Bonchev–Trinajstić information content (AvgIpc) is 1.59. The first kappa shape index (κ1) is 13.6. The molecule has 0 aliphatic heterocycles. The normalized spacial score (nSPS) is 10.5. The van der Waals surface area contributed by atoms with Crippen LogP contribution in [0.5, 0.6) is 0 Å². The molecule has 0 atom stereocenters. The van der Waals surface area contributed by atoms with Crippen LogP contribution in [0.3, 0.4) is 0 Å². The third-order valence-corrected chi connectivity index (χ3v) is 1.76. The summed E-state index contributed by atoms with van der Waals surface area (Å²) >= 11 is 0. The van der Waals surface area contributed by atoms with Gasteiger partial charge in [-0.2, -0.15) is 0 Å². The SMILES string of the molecule is CC(C)C(C(N)=O)C(C)C.[LiH]. The van der Waals surface area contributed by atoms with Gasteiger partial charge < -0.3 is 5.73 Å². The van der Waals surface area contributed by atoms with Gasteiger partial charge in [-0.15, -0.1) is 0 Å². The standard InChI is InChI=1S/C8H17NO.Li.H/c1-5(2)7(6(3)4)8(9)10;;/h5-7H,1-4H3,(H2,9,10);;. The quantitative estimate of drug-likeness (QED) is 0.594. The summed E-state index contributed by atoms with van der Waals surface area (Å²) in [7, 11) is 0. The number of hydrogen-bond donors (Lipinski definition) is 1. The van der Waals surface area contributed by atoms with Crippen molar-refractivity contribution in [2.75, 3.05) is 0 Å². The number of nitrogens with two attached hydrogens (primary N) is 1. The topological polar surface area (TPSA) is 43.1 Å². The molecule has 3 heteroatoms. The van der Waals surface area contributed by atoms with Gasteiger partial charge >= 0.3 is 18.9 Å². The molecule has 1 amide bonds. The summed E-state index contributed by atoms with van der Waals surface area (Å²) in [6.45, 7) is 8.09. The predicted octanol–water partition coefficient (Wildman–Crippen LogP) is 0.751. The van der Waals surface area contributed by atoms with Crippen LogP contribution in [0.25, 0.3) is 0 Å². The van der Waals surface area contributed by atoms with Crippen LogP contribution in [0.2, 0.25) is 0 Å². The number of rotatable bonds is 3. The molecule has 0 aromatic rings. The first-order valence-electron chi connectivity index (χ1n) is 3.76. The van der Waals surface area contributed by atoms with Crippen LogP contribution < -0.4 is 5.73 Å². The van der Waals surface area contributed by atoms with E-state index < -0.39 is 0 Å². The van der Waals surface area contributed by atoms with Crippen LogP contribution in [0.1, 0.15) is 27.7 Å². The van der Waals surface area contributed by atoms with Crippen molar-refractivity contribution in [1.82, 2.24) is 0 Å². The van der Waals surface area contributed by atoms with E-state index in [1.54, 1.807) is 0 Å². The van der Waals surface area contributed by atoms with Gasteiger partial charge in [0, 0.05) is 5.92 Å². The van der Waals surface area contributed by atoms with Crippen molar-refractivity contribution in [3.05, 3.63) is 0 Å². The zero-order chi connectivity index (χ0) is 8.31. The Hall–Kier alpha value is 0.0674. The number of primary amides is 1. The molecular formula is C8H18LiNO. The van der Waals surface area contributed by atoms with E-state index in [1.165, 1.54) is 0 Å². The van der Waals surface area contributed by atoms with E-state index >= 15 is 0 Å². The fourth-order valence-corrected chi connectivity index (χ4v) is 1.43. The maximum atomic E-state index is 10.8. The molecule has 0 aliphatic carbocycles. The fraction of sp³-hybridized carbons (Fsp3) is 0.875. The summed E-state index contributed by atoms with van der Waals surface area (Å²) < 4.78 is 0. The van der Waals surface area contributed by atoms with Gasteiger partial charge in [-0.25, -0.2) is 0 Å². The van der Waals surface area contributed by atoms with Gasteiger partial charge in [-0.1, -0.05) is 27.7 Å². The van der Waals surface area contributed by atoms with Crippen molar-refractivity contribution in [2.24, 2.45) is 23.5 Å². The molecule has 2 nitrogen and oxygen atoms in total. The molecule has 0 bridgehead atoms. The van der Waals surface area contributed by atoms with Gasteiger partial charge in [0.2, 0.25) is 5.91 Å². The minimum absolute atomic E-state index is 0. The van der Waals surface area contributed by atoms with E-state index in [4.69, 9.17) is 5.73 Å². The van der Waals surface area contributed by atoms with E-state index in [0.717, 1.165) is 0 Å². The number of amides is 1. The van der Waals surface area contributed by atoms with E-state index in [1.807, 2.05) is 27.7 Å². The summed E-state index contributed by atoms with van der Waals surface area (Å²) in [5.41, 5.74) is 5.20. The molecule has 0 fully saturated rings. The summed E-state index contributed by atoms with van der Waals surface area (Å²) in [6.07, 6.45) is 0. The van der Waals surface area contributed by atoms with Crippen molar-refractivity contribution in [3.63, 3.8) is 0 Å². The Balaban J connectivity index is 0. The van der Waals surface area contributed by atoms with Crippen LogP contribution in [0.15, 0.2) is 0 Å². The fourth-order valence-electron chi connectivity index (χ4n) is 1.43. The first-order valence-corrected chi connectivity index (χ1v) is 3.76. The summed E-state index contributed by atoms with van der Waals surface area (Å²) in [5.74, 6) is 0.569. The maximum absolute atomic E-state index is 10.8. The van der Waals surface area contributed by atoms with Gasteiger partial charge in [0.1, 0.15) is 0 Å². The van der Waals surface area contributed by atoms with Gasteiger partial charge in [0.25, 0.3) is 0 Å². The molecular weight excluding hydrogens is 133 g/mol. The van der Waals surface area contributed by atoms with Gasteiger partial charge in [-0.05, 0) is 11.8 Å². The molecule has 0 heterocycles. The van der Waals surface area contributed by atoms with E-state index in [-0.39, 0.29) is 30.7 Å². The van der Waals surface area contributed by atoms with Crippen LogP contribution in [-0.4, -0.2) is 24.8 Å². The van der Waals surface area contributed by atoms with Crippen molar-refractivity contribution in [1.29, 1.82) is 0 Å². The molecule has 0 radical (unpaired) electrons. The Morgan fingerprint density at radius 1 is 1.09 bits per heavy atom. The molecule has 0 saturated carbocycles. The van der Waals surface area contributed by atoms with Gasteiger partial charge in [0.15, 0.2) is 0 Å². The monoisotopic (exact) mass is 151 g/mol. The Labute approximate surface area is 81.1 Å². The predicted molar refractivity (Wildman–Crippen MR) is 49.5 cm³/mol. The third-order valence-electron chi connectivity index (χ3n) is 1.76. The Morgan fingerprint density at radius 2 is 1.36 bits per heavy atom. The van der Waals surface area contributed by atoms with Crippen molar-refractivity contribution < 1.29 is 4.79 Å². The molecule has 0 spiro atoms. The summed E-state index contributed by atoms with van der Waals surface area (Å²) in [4.78, 5) is 10.8. The summed E-state index contributed by atoms with van der Waals surface area (Å²) in [5, 5.41) is 0. The second-order valence-corrected chi connectivity index (χ2v) is 3.42. The molecule has 11 heavy (non-hydrogen) atoms. The molecule has 0 aliphatic rings. The van der Waals surface area contributed by atoms with Crippen LogP contribution in [0.4, 0.5) is 0 Å². The molecule has 0 rings (SSSR count). The van der Waals surface area contributed by atoms with Crippen LogP contribution in [-0.2, 0) is 4.79 Å². The number of hydrogen-bond acceptors (Lipinski definition) is 1. The van der Waals surface area contributed by atoms with E-state index in [0.29, 0.717) is 11.8 Å². The molecule has 62 valence electrons. The van der Waals surface area contributed by atoms with Gasteiger partial charge in [0.05, 0.1) is 0 Å². The minimum atomic E-state index is -0.176. The Kier molecular flexibility index (Phi) is 7.05. The second kappa shape index (κ2) is 5.68.